The SMILES string of the molecule is CC(C)N1CCC(Nc2ccccc2Oc2ncccc2C#N)C1=O. The zero-order valence-corrected chi connectivity index (χ0v) is 14.3. The van der Waals surface area contributed by atoms with Crippen LogP contribution in [-0.4, -0.2) is 34.4 Å². The molecule has 0 saturated carbocycles. The average molecular weight is 336 g/mol. The molecule has 1 atom stereocenters. The number of nitrogens with zero attached hydrogens (tertiary/aromatic N) is 3. The molecule has 1 unspecified atom stereocenters. The first-order chi connectivity index (χ1) is 12.1. The number of hydrogen-bond donors (Lipinski definition) is 1. The minimum Gasteiger partial charge on any atom is -0.436 e. The molecule has 0 bridgehead atoms. The molecular weight excluding hydrogens is 316 g/mol. The van der Waals surface area contributed by atoms with E-state index in [0.717, 1.165) is 13.0 Å². The Labute approximate surface area is 147 Å². The van der Waals surface area contributed by atoms with Crippen molar-refractivity contribution >= 4 is 11.6 Å². The second-order valence-corrected chi connectivity index (χ2v) is 6.18. The van der Waals surface area contributed by atoms with E-state index in [4.69, 9.17) is 4.74 Å². The Hall–Kier alpha value is -3.07. The fourth-order valence-corrected chi connectivity index (χ4v) is 2.87. The Morgan fingerprint density at radius 2 is 2.12 bits per heavy atom. The van der Waals surface area contributed by atoms with Gasteiger partial charge in [-0.2, -0.15) is 5.26 Å². The second kappa shape index (κ2) is 7.22. The van der Waals surface area contributed by atoms with Crippen molar-refractivity contribution in [3.8, 4) is 17.7 Å². The number of benzene rings is 1. The zero-order valence-electron chi connectivity index (χ0n) is 14.3. The summed E-state index contributed by atoms with van der Waals surface area (Å²) in [6.07, 6.45) is 2.33. The Bertz CT molecular complexity index is 813. The number of rotatable bonds is 5. The third-order valence-corrected chi connectivity index (χ3v) is 4.18. The molecule has 2 aromatic rings. The van der Waals surface area contributed by atoms with Crippen molar-refractivity contribution < 1.29 is 9.53 Å². The maximum absolute atomic E-state index is 12.5. The van der Waals surface area contributed by atoms with E-state index in [1.165, 1.54) is 0 Å². The van der Waals surface area contributed by atoms with Crippen molar-refractivity contribution in [2.24, 2.45) is 0 Å². The van der Waals surface area contributed by atoms with Gasteiger partial charge in [-0.25, -0.2) is 4.98 Å². The molecule has 1 aliphatic rings. The highest BCUT2D eigenvalue weighted by Crippen LogP contribution is 2.31. The molecule has 1 saturated heterocycles. The van der Waals surface area contributed by atoms with E-state index in [0.29, 0.717) is 17.0 Å². The van der Waals surface area contributed by atoms with Crippen molar-refractivity contribution in [3.05, 3.63) is 48.2 Å². The standard InChI is InChI=1S/C19H20N4O2/c1-13(2)23-11-9-16(19(23)24)22-15-7-3-4-8-17(15)25-18-14(12-20)6-5-10-21-18/h3-8,10,13,16,22H,9,11H2,1-2H3. The molecule has 0 radical (unpaired) electrons. The fraction of sp³-hybridized carbons (Fsp3) is 0.316. The highest BCUT2D eigenvalue weighted by molar-refractivity contribution is 5.87. The molecule has 3 rings (SSSR count). The lowest BCUT2D eigenvalue weighted by Gasteiger charge is -2.22. The highest BCUT2D eigenvalue weighted by atomic mass is 16.5. The van der Waals surface area contributed by atoms with E-state index >= 15 is 0 Å². The zero-order chi connectivity index (χ0) is 17.8. The molecular formula is C19H20N4O2. The van der Waals surface area contributed by atoms with Gasteiger partial charge < -0.3 is 15.0 Å². The van der Waals surface area contributed by atoms with Gasteiger partial charge in [-0.05, 0) is 44.5 Å². The number of pyridine rings is 1. The van der Waals surface area contributed by atoms with Gasteiger partial charge in [-0.15, -0.1) is 0 Å². The maximum atomic E-state index is 12.5. The third-order valence-electron chi connectivity index (χ3n) is 4.18. The summed E-state index contributed by atoms with van der Waals surface area (Å²) >= 11 is 0. The van der Waals surface area contributed by atoms with E-state index in [-0.39, 0.29) is 23.9 Å². The summed E-state index contributed by atoms with van der Waals surface area (Å²) in [7, 11) is 0. The van der Waals surface area contributed by atoms with Crippen molar-refractivity contribution in [1.82, 2.24) is 9.88 Å². The van der Waals surface area contributed by atoms with Gasteiger partial charge in [0.1, 0.15) is 17.7 Å². The van der Waals surface area contributed by atoms with Gasteiger partial charge >= 0.3 is 0 Å². The van der Waals surface area contributed by atoms with Crippen molar-refractivity contribution in [1.29, 1.82) is 5.26 Å². The molecule has 1 aliphatic heterocycles. The number of nitriles is 1. The van der Waals surface area contributed by atoms with E-state index < -0.39 is 0 Å². The number of anilines is 1. The minimum absolute atomic E-state index is 0.0975. The number of para-hydroxylation sites is 2. The van der Waals surface area contributed by atoms with E-state index in [2.05, 4.69) is 16.4 Å². The Morgan fingerprint density at radius 3 is 2.84 bits per heavy atom. The Morgan fingerprint density at radius 1 is 1.32 bits per heavy atom. The Kier molecular flexibility index (Phi) is 4.85. The van der Waals surface area contributed by atoms with E-state index in [1.807, 2.05) is 36.9 Å². The first-order valence-electron chi connectivity index (χ1n) is 8.29. The summed E-state index contributed by atoms with van der Waals surface area (Å²) in [4.78, 5) is 18.5. The number of carbonyl (C=O) groups is 1. The quantitative estimate of drug-likeness (QED) is 0.907. The van der Waals surface area contributed by atoms with Crippen LogP contribution in [0.4, 0.5) is 5.69 Å². The normalized spacial score (nSPS) is 16.8. The first-order valence-corrected chi connectivity index (χ1v) is 8.29. The molecule has 128 valence electrons. The lowest BCUT2D eigenvalue weighted by atomic mass is 10.2. The van der Waals surface area contributed by atoms with Crippen LogP contribution >= 0.6 is 0 Å². The summed E-state index contributed by atoms with van der Waals surface area (Å²) in [5.41, 5.74) is 1.07. The molecule has 1 amide bonds. The van der Waals surface area contributed by atoms with Gasteiger partial charge in [0, 0.05) is 18.8 Å². The van der Waals surface area contributed by atoms with Crippen LogP contribution in [0.3, 0.4) is 0 Å². The van der Waals surface area contributed by atoms with Crippen molar-refractivity contribution in [3.63, 3.8) is 0 Å². The van der Waals surface area contributed by atoms with Crippen LogP contribution in [0.2, 0.25) is 0 Å². The fourth-order valence-electron chi connectivity index (χ4n) is 2.87. The van der Waals surface area contributed by atoms with Gasteiger partial charge in [-0.3, -0.25) is 4.79 Å². The molecule has 0 spiro atoms. The summed E-state index contributed by atoms with van der Waals surface area (Å²) in [6.45, 7) is 4.78. The largest absolute Gasteiger partial charge is 0.436 e. The molecule has 1 N–H and O–H groups in total. The molecule has 1 aromatic carbocycles. The topological polar surface area (TPSA) is 78.2 Å². The van der Waals surface area contributed by atoms with Crippen LogP contribution in [-0.2, 0) is 4.79 Å². The van der Waals surface area contributed by atoms with Crippen LogP contribution < -0.4 is 10.1 Å². The molecule has 2 heterocycles. The van der Waals surface area contributed by atoms with Gasteiger partial charge in [0.05, 0.1) is 5.69 Å². The van der Waals surface area contributed by atoms with E-state index in [1.54, 1.807) is 24.4 Å². The molecule has 1 aromatic heterocycles. The number of carbonyl (C=O) groups excluding carboxylic acids is 1. The van der Waals surface area contributed by atoms with E-state index in [9.17, 15) is 10.1 Å². The predicted molar refractivity (Wildman–Crippen MR) is 94.3 cm³/mol. The van der Waals surface area contributed by atoms with Crippen LogP contribution in [0, 0.1) is 11.3 Å². The summed E-state index contributed by atoms with van der Waals surface area (Å²) < 4.78 is 5.83. The van der Waals surface area contributed by atoms with Gasteiger partial charge in [0.2, 0.25) is 11.8 Å². The first kappa shape index (κ1) is 16.8. The van der Waals surface area contributed by atoms with Crippen LogP contribution in [0.15, 0.2) is 42.6 Å². The number of hydrogen-bond acceptors (Lipinski definition) is 5. The van der Waals surface area contributed by atoms with Crippen molar-refractivity contribution in [2.45, 2.75) is 32.4 Å². The van der Waals surface area contributed by atoms with Gasteiger partial charge in [0.15, 0.2) is 5.75 Å². The van der Waals surface area contributed by atoms with Gasteiger partial charge in [-0.1, -0.05) is 12.1 Å². The monoisotopic (exact) mass is 336 g/mol. The van der Waals surface area contributed by atoms with Gasteiger partial charge in [0.25, 0.3) is 0 Å². The van der Waals surface area contributed by atoms with Crippen LogP contribution in [0.5, 0.6) is 11.6 Å². The summed E-state index contributed by atoms with van der Waals surface area (Å²) in [5, 5.41) is 12.5. The third kappa shape index (κ3) is 3.56. The maximum Gasteiger partial charge on any atom is 0.245 e. The van der Waals surface area contributed by atoms with Crippen LogP contribution in [0.1, 0.15) is 25.8 Å². The number of amides is 1. The second-order valence-electron chi connectivity index (χ2n) is 6.18. The summed E-state index contributed by atoms with van der Waals surface area (Å²) in [6, 6.07) is 12.7. The number of aromatic nitrogens is 1. The minimum atomic E-state index is -0.272. The molecule has 0 aliphatic carbocycles. The number of ether oxygens (including phenoxy) is 1. The van der Waals surface area contributed by atoms with Crippen LogP contribution in [0.25, 0.3) is 0 Å². The number of likely N-dealkylation sites (tertiary alicyclic amines) is 1. The Balaban J connectivity index is 1.80. The summed E-state index contributed by atoms with van der Waals surface area (Å²) in [5.74, 6) is 0.884. The number of nitrogens with one attached hydrogen (secondary N) is 1. The average Bonchev–Trinajstić information content (AvgIpc) is 2.98. The molecule has 6 nitrogen and oxygen atoms in total. The highest BCUT2D eigenvalue weighted by Gasteiger charge is 2.33. The molecule has 1 fully saturated rings. The smallest absolute Gasteiger partial charge is 0.245 e. The molecule has 25 heavy (non-hydrogen) atoms. The van der Waals surface area contributed by atoms with Crippen molar-refractivity contribution in [2.75, 3.05) is 11.9 Å². The molecule has 6 heteroatoms. The lowest BCUT2D eigenvalue weighted by Crippen LogP contribution is -2.37. The predicted octanol–water partition coefficient (Wildman–Crippen LogP) is 3.17. The lowest BCUT2D eigenvalue weighted by molar-refractivity contribution is -0.129.